The number of hydrogen-bond donors (Lipinski definition) is 3. The van der Waals surface area contributed by atoms with Gasteiger partial charge in [0.1, 0.15) is 4.90 Å². The molecule has 2 fully saturated rings. The average Bonchev–Trinajstić information content (AvgIpc) is 3.30. The zero-order chi connectivity index (χ0) is 45.5. The van der Waals surface area contributed by atoms with Crippen molar-refractivity contribution >= 4 is 60.5 Å². The van der Waals surface area contributed by atoms with E-state index < -0.39 is 58.9 Å². The summed E-state index contributed by atoms with van der Waals surface area (Å²) >= 11 is 7.54. The van der Waals surface area contributed by atoms with Crippen LogP contribution >= 0.6 is 23.4 Å². The zero-order valence-electron chi connectivity index (χ0n) is 34.6. The molecule has 18 heteroatoms. The number of morpholine rings is 1. The summed E-state index contributed by atoms with van der Waals surface area (Å²) in [6.45, 7) is 4.20. The van der Waals surface area contributed by atoms with E-state index in [1.54, 1.807) is 12.1 Å². The molecule has 2 saturated heterocycles. The van der Waals surface area contributed by atoms with Crippen LogP contribution in [0.5, 0.6) is 0 Å². The SMILES string of the molecule is O=C(NS(=O)(=O)c1ccc(NC(CCN2CCOCC2)CSc2ccccc2)c(S(=O)(=O)C(F)(F)F)c1)c1ccc(N2CCC([C@H](O)c3ccccc3-c3ccc(Cl)cc3)CC2)cc1. The van der Waals surface area contributed by atoms with E-state index in [1.807, 2.05) is 83.6 Å². The van der Waals surface area contributed by atoms with Gasteiger partial charge in [0, 0.05) is 65.7 Å². The van der Waals surface area contributed by atoms with Crippen molar-refractivity contribution in [2.24, 2.45) is 5.92 Å². The molecular formula is C46H48ClF3N4O7S3. The number of nitrogens with one attached hydrogen (secondary N) is 2. The molecule has 3 N–H and O–H groups in total. The van der Waals surface area contributed by atoms with Gasteiger partial charge in [0.25, 0.3) is 25.8 Å². The van der Waals surface area contributed by atoms with Crippen LogP contribution in [0.3, 0.4) is 0 Å². The highest BCUT2D eigenvalue weighted by molar-refractivity contribution is 7.99. The minimum Gasteiger partial charge on any atom is -0.388 e. The second kappa shape index (κ2) is 20.7. The lowest BCUT2D eigenvalue weighted by Gasteiger charge is -2.36. The van der Waals surface area contributed by atoms with Gasteiger partial charge in [-0.2, -0.15) is 13.2 Å². The van der Waals surface area contributed by atoms with Crippen molar-refractivity contribution in [2.75, 3.05) is 61.9 Å². The Morgan fingerprint density at radius 1 is 0.844 bits per heavy atom. The molecule has 64 heavy (non-hydrogen) atoms. The molecule has 0 aliphatic carbocycles. The Hall–Kier alpha value is -4.62. The Bertz CT molecular complexity index is 2590. The first kappa shape index (κ1) is 47.3. The number of alkyl halides is 3. The van der Waals surface area contributed by atoms with Crippen molar-refractivity contribution in [1.82, 2.24) is 9.62 Å². The number of sulfonamides is 1. The number of sulfone groups is 1. The van der Waals surface area contributed by atoms with Crippen LogP contribution in [-0.4, -0.2) is 96.0 Å². The molecule has 2 aliphatic heterocycles. The van der Waals surface area contributed by atoms with Crippen LogP contribution in [0, 0.1) is 5.92 Å². The highest BCUT2D eigenvalue weighted by atomic mass is 35.5. The van der Waals surface area contributed by atoms with Crippen LogP contribution in [0.2, 0.25) is 5.02 Å². The standard InChI is InChI=1S/C46H48ClF3N4O7S3/c47-35-14-10-32(11-15-35)40-8-4-5-9-41(40)44(55)33-20-24-54(25-21-33)37-16-12-34(13-17-37)45(56)52-64(59,60)39-18-19-42(43(30-39)63(57,58)46(48,49)50)51-36(22-23-53-26-28-61-29-27-53)31-62-38-6-2-1-3-7-38/h1-19,30,33,36,44,51,55H,20-29,31H2,(H,52,56)/t36?,44-/m0/s1. The molecule has 0 aromatic heterocycles. The number of ether oxygens (including phenoxy) is 1. The fourth-order valence-corrected chi connectivity index (χ4v) is 11.0. The lowest BCUT2D eigenvalue weighted by Crippen LogP contribution is -2.39. The van der Waals surface area contributed by atoms with Crippen LogP contribution < -0.4 is 14.9 Å². The summed E-state index contributed by atoms with van der Waals surface area (Å²) in [5.41, 5.74) is -2.73. The number of nitrogens with zero attached hydrogens (tertiary/aromatic N) is 2. The molecule has 0 spiro atoms. The molecule has 0 bridgehead atoms. The fourth-order valence-electron chi connectivity index (χ4n) is 7.87. The molecule has 5 aromatic carbocycles. The first-order valence-corrected chi connectivity index (χ1v) is 25.1. The first-order valence-electron chi connectivity index (χ1n) is 20.7. The Morgan fingerprint density at radius 3 is 2.17 bits per heavy atom. The number of aliphatic hydroxyl groups excluding tert-OH is 1. The number of piperidine rings is 1. The summed E-state index contributed by atoms with van der Waals surface area (Å²) in [6, 6.07) is 32.6. The number of rotatable bonds is 16. The van der Waals surface area contributed by atoms with Crippen molar-refractivity contribution in [3.8, 4) is 11.1 Å². The predicted octanol–water partition coefficient (Wildman–Crippen LogP) is 8.66. The van der Waals surface area contributed by atoms with E-state index in [0.29, 0.717) is 82.0 Å². The van der Waals surface area contributed by atoms with Crippen LogP contribution in [0.1, 0.15) is 41.3 Å². The van der Waals surface area contributed by atoms with Gasteiger partial charge in [0.05, 0.1) is 29.9 Å². The Kier molecular flexibility index (Phi) is 15.3. The summed E-state index contributed by atoms with van der Waals surface area (Å²) in [7, 11) is -10.9. The Balaban J connectivity index is 1.02. The molecule has 0 radical (unpaired) electrons. The highest BCUT2D eigenvalue weighted by Crippen LogP contribution is 2.39. The van der Waals surface area contributed by atoms with E-state index in [0.717, 1.165) is 39.4 Å². The summed E-state index contributed by atoms with van der Waals surface area (Å²) < 4.78 is 103. The first-order chi connectivity index (χ1) is 30.6. The van der Waals surface area contributed by atoms with E-state index in [-0.39, 0.29) is 11.5 Å². The van der Waals surface area contributed by atoms with Crippen molar-refractivity contribution in [1.29, 1.82) is 0 Å². The molecule has 2 heterocycles. The molecule has 2 aliphatic rings. The number of thioether (sulfide) groups is 1. The number of benzene rings is 5. The second-order valence-electron chi connectivity index (χ2n) is 15.7. The lowest BCUT2D eigenvalue weighted by atomic mass is 9.84. The lowest BCUT2D eigenvalue weighted by molar-refractivity contribution is -0.0435. The summed E-state index contributed by atoms with van der Waals surface area (Å²) in [5, 5.41) is 15.1. The third-order valence-corrected chi connectivity index (χ3v) is 15.7. The quantitative estimate of drug-likeness (QED) is 0.0818. The number of aliphatic hydroxyl groups is 1. The van der Waals surface area contributed by atoms with E-state index in [9.17, 15) is 39.9 Å². The van der Waals surface area contributed by atoms with Crippen LogP contribution in [0.25, 0.3) is 11.1 Å². The topological polar surface area (TPSA) is 145 Å². The molecule has 7 rings (SSSR count). The van der Waals surface area contributed by atoms with Crippen molar-refractivity contribution < 1.29 is 44.6 Å². The molecular weight excluding hydrogens is 909 g/mol. The zero-order valence-corrected chi connectivity index (χ0v) is 37.8. The summed E-state index contributed by atoms with van der Waals surface area (Å²) in [6.07, 6.45) is 1.09. The van der Waals surface area contributed by atoms with Gasteiger partial charge in [-0.25, -0.2) is 21.6 Å². The number of amides is 1. The monoisotopic (exact) mass is 956 g/mol. The smallest absolute Gasteiger partial charge is 0.388 e. The second-order valence-corrected chi connectivity index (χ2v) is 20.8. The third kappa shape index (κ3) is 11.6. The van der Waals surface area contributed by atoms with Gasteiger partial charge in [-0.3, -0.25) is 9.69 Å². The van der Waals surface area contributed by atoms with Gasteiger partial charge >= 0.3 is 5.51 Å². The van der Waals surface area contributed by atoms with Crippen LogP contribution in [0.15, 0.2) is 136 Å². The van der Waals surface area contributed by atoms with Crippen molar-refractivity contribution in [2.45, 2.75) is 51.6 Å². The molecule has 1 unspecified atom stereocenters. The minimum atomic E-state index is -6.07. The predicted molar refractivity (Wildman–Crippen MR) is 244 cm³/mol. The summed E-state index contributed by atoms with van der Waals surface area (Å²) in [4.78, 5) is 16.3. The largest absolute Gasteiger partial charge is 0.501 e. The normalized spacial score (nSPS) is 16.5. The van der Waals surface area contributed by atoms with Crippen LogP contribution in [-0.2, 0) is 24.6 Å². The van der Waals surface area contributed by atoms with Gasteiger partial charge in [-0.05, 0) is 109 Å². The fraction of sp³-hybridized carbons (Fsp3) is 0.326. The third-order valence-electron chi connectivity index (χ3n) is 11.5. The minimum absolute atomic E-state index is 0.0168. The molecule has 5 aromatic rings. The van der Waals surface area contributed by atoms with Gasteiger partial charge in [0.2, 0.25) is 0 Å². The maximum Gasteiger partial charge on any atom is 0.501 e. The van der Waals surface area contributed by atoms with Crippen LogP contribution in [0.4, 0.5) is 24.5 Å². The van der Waals surface area contributed by atoms with Crippen molar-refractivity contribution in [3.63, 3.8) is 0 Å². The molecule has 0 saturated carbocycles. The van der Waals surface area contributed by atoms with Gasteiger partial charge in [-0.1, -0.05) is 66.2 Å². The Labute approximate surface area is 380 Å². The molecule has 11 nitrogen and oxygen atoms in total. The maximum atomic E-state index is 14.2. The van der Waals surface area contributed by atoms with Crippen molar-refractivity contribution in [3.05, 3.63) is 137 Å². The van der Waals surface area contributed by atoms with E-state index in [2.05, 4.69) is 15.1 Å². The number of anilines is 2. The molecule has 2 atom stereocenters. The van der Waals surface area contributed by atoms with E-state index >= 15 is 0 Å². The maximum absolute atomic E-state index is 14.2. The van der Waals surface area contributed by atoms with E-state index in [4.69, 9.17) is 16.3 Å². The number of hydrogen-bond acceptors (Lipinski definition) is 11. The number of halogens is 4. The number of carbonyl (C=O) groups excluding carboxylic acids is 1. The number of carbonyl (C=O) groups is 1. The average molecular weight is 958 g/mol. The molecule has 1 amide bonds. The van der Waals surface area contributed by atoms with Gasteiger partial charge in [-0.15, -0.1) is 11.8 Å². The van der Waals surface area contributed by atoms with E-state index in [1.165, 1.54) is 23.9 Å². The molecule has 340 valence electrons. The van der Waals surface area contributed by atoms with Gasteiger partial charge in [0.15, 0.2) is 0 Å². The summed E-state index contributed by atoms with van der Waals surface area (Å²) in [5.74, 6) is -0.718. The van der Waals surface area contributed by atoms with Gasteiger partial charge < -0.3 is 20.1 Å². The Morgan fingerprint density at radius 2 is 1.50 bits per heavy atom. The highest BCUT2D eigenvalue weighted by Gasteiger charge is 2.48.